The number of aromatic nitrogens is 3. The molecule has 2 aromatic rings. The van der Waals surface area contributed by atoms with Gasteiger partial charge in [0.1, 0.15) is 6.73 Å². The van der Waals surface area contributed by atoms with Gasteiger partial charge in [0, 0.05) is 12.8 Å². The standard InChI is InChI=1S/C14H17N3O3/c1-3-20-8-17-13-11(12(16-17)14(18)19-2)6-10(7-15-13)9-4-5-9/h6-7,9H,3-5,8H2,1-2H3. The van der Waals surface area contributed by atoms with Crippen LogP contribution in [0.4, 0.5) is 0 Å². The minimum Gasteiger partial charge on any atom is -0.464 e. The minimum absolute atomic E-state index is 0.278. The van der Waals surface area contributed by atoms with Gasteiger partial charge in [-0.3, -0.25) is 0 Å². The van der Waals surface area contributed by atoms with Crippen LogP contribution in [0.3, 0.4) is 0 Å². The van der Waals surface area contributed by atoms with Crippen molar-refractivity contribution in [1.29, 1.82) is 0 Å². The molecule has 0 saturated heterocycles. The fraction of sp³-hybridized carbons (Fsp3) is 0.500. The summed E-state index contributed by atoms with van der Waals surface area (Å²) in [5.74, 6) is 0.132. The van der Waals surface area contributed by atoms with E-state index in [2.05, 4.69) is 10.1 Å². The van der Waals surface area contributed by atoms with Crippen LogP contribution in [0.5, 0.6) is 0 Å². The first-order valence-corrected chi connectivity index (χ1v) is 6.77. The Labute approximate surface area is 116 Å². The number of esters is 1. The smallest absolute Gasteiger partial charge is 0.359 e. The van der Waals surface area contributed by atoms with Crippen LogP contribution in [0.15, 0.2) is 12.3 Å². The van der Waals surface area contributed by atoms with Gasteiger partial charge in [0.15, 0.2) is 11.3 Å². The number of hydrogen-bond donors (Lipinski definition) is 0. The van der Waals surface area contributed by atoms with Crippen LogP contribution in [-0.2, 0) is 16.2 Å². The largest absolute Gasteiger partial charge is 0.464 e. The summed E-state index contributed by atoms with van der Waals surface area (Å²) >= 11 is 0. The molecule has 1 saturated carbocycles. The Morgan fingerprint density at radius 2 is 2.30 bits per heavy atom. The predicted molar refractivity (Wildman–Crippen MR) is 72.5 cm³/mol. The summed E-state index contributed by atoms with van der Waals surface area (Å²) in [6.07, 6.45) is 4.24. The molecule has 6 nitrogen and oxygen atoms in total. The summed E-state index contributed by atoms with van der Waals surface area (Å²) in [6, 6.07) is 2.00. The molecule has 2 heterocycles. The van der Waals surface area contributed by atoms with Crippen LogP contribution in [0.1, 0.15) is 41.7 Å². The van der Waals surface area contributed by atoms with Gasteiger partial charge in [0.25, 0.3) is 0 Å². The Kier molecular flexibility index (Phi) is 3.40. The van der Waals surface area contributed by atoms with Crippen molar-refractivity contribution in [2.24, 2.45) is 0 Å². The molecule has 0 radical (unpaired) electrons. The molecule has 0 aliphatic heterocycles. The fourth-order valence-corrected chi connectivity index (χ4v) is 2.23. The Bertz CT molecular complexity index is 646. The number of pyridine rings is 1. The zero-order chi connectivity index (χ0) is 14.1. The van der Waals surface area contributed by atoms with E-state index in [1.807, 2.05) is 19.2 Å². The molecule has 0 amide bonds. The third kappa shape index (κ3) is 2.27. The van der Waals surface area contributed by atoms with Gasteiger partial charge >= 0.3 is 5.97 Å². The molecule has 1 aliphatic carbocycles. The maximum atomic E-state index is 11.8. The monoisotopic (exact) mass is 275 g/mol. The van der Waals surface area contributed by atoms with Crippen LogP contribution >= 0.6 is 0 Å². The summed E-state index contributed by atoms with van der Waals surface area (Å²) in [6.45, 7) is 2.76. The highest BCUT2D eigenvalue weighted by atomic mass is 16.5. The molecule has 2 aromatic heterocycles. The number of carbonyl (C=O) groups is 1. The maximum Gasteiger partial charge on any atom is 0.359 e. The molecular formula is C14H17N3O3. The van der Waals surface area contributed by atoms with Crippen molar-refractivity contribution in [3.63, 3.8) is 0 Å². The Morgan fingerprint density at radius 3 is 2.95 bits per heavy atom. The van der Waals surface area contributed by atoms with E-state index in [4.69, 9.17) is 9.47 Å². The van der Waals surface area contributed by atoms with E-state index in [9.17, 15) is 4.79 Å². The molecule has 1 fully saturated rings. The van der Waals surface area contributed by atoms with E-state index in [1.165, 1.54) is 25.5 Å². The molecule has 0 spiro atoms. The van der Waals surface area contributed by atoms with Gasteiger partial charge in [0.05, 0.1) is 12.5 Å². The van der Waals surface area contributed by atoms with Gasteiger partial charge in [-0.2, -0.15) is 5.10 Å². The van der Waals surface area contributed by atoms with Gasteiger partial charge in [-0.05, 0) is 37.3 Å². The van der Waals surface area contributed by atoms with E-state index < -0.39 is 5.97 Å². The van der Waals surface area contributed by atoms with Crippen molar-refractivity contribution in [3.8, 4) is 0 Å². The van der Waals surface area contributed by atoms with E-state index >= 15 is 0 Å². The molecule has 0 atom stereocenters. The Morgan fingerprint density at radius 1 is 1.50 bits per heavy atom. The second kappa shape index (κ2) is 5.20. The summed E-state index contributed by atoms with van der Waals surface area (Å²) in [4.78, 5) is 16.3. The van der Waals surface area contributed by atoms with Crippen LogP contribution in [0.25, 0.3) is 11.0 Å². The SMILES string of the molecule is CCOCn1nc(C(=O)OC)c2cc(C3CC3)cnc21. The van der Waals surface area contributed by atoms with Crippen molar-refractivity contribution in [2.45, 2.75) is 32.4 Å². The zero-order valence-corrected chi connectivity index (χ0v) is 11.6. The Hall–Kier alpha value is -1.95. The molecule has 20 heavy (non-hydrogen) atoms. The summed E-state index contributed by atoms with van der Waals surface area (Å²) < 4.78 is 11.7. The second-order valence-electron chi connectivity index (χ2n) is 4.88. The van der Waals surface area contributed by atoms with Crippen LogP contribution in [-0.4, -0.2) is 34.5 Å². The number of rotatable bonds is 5. The van der Waals surface area contributed by atoms with Crippen molar-refractivity contribution in [2.75, 3.05) is 13.7 Å². The normalized spacial score (nSPS) is 14.7. The maximum absolute atomic E-state index is 11.8. The summed E-state index contributed by atoms with van der Waals surface area (Å²) in [7, 11) is 1.36. The average molecular weight is 275 g/mol. The number of hydrogen-bond acceptors (Lipinski definition) is 5. The average Bonchev–Trinajstić information content (AvgIpc) is 3.26. The molecule has 0 N–H and O–H groups in total. The number of nitrogens with zero attached hydrogens (tertiary/aromatic N) is 3. The number of carbonyl (C=O) groups excluding carboxylic acids is 1. The lowest BCUT2D eigenvalue weighted by Gasteiger charge is -2.02. The topological polar surface area (TPSA) is 66.2 Å². The quantitative estimate of drug-likeness (QED) is 0.782. The van der Waals surface area contributed by atoms with Gasteiger partial charge in [-0.1, -0.05) is 0 Å². The van der Waals surface area contributed by atoms with E-state index in [1.54, 1.807) is 4.68 Å². The van der Waals surface area contributed by atoms with E-state index in [-0.39, 0.29) is 6.73 Å². The van der Waals surface area contributed by atoms with Crippen LogP contribution in [0.2, 0.25) is 0 Å². The highest BCUT2D eigenvalue weighted by molar-refractivity contribution is 6.01. The van der Waals surface area contributed by atoms with Gasteiger partial charge in [-0.25, -0.2) is 14.5 Å². The lowest BCUT2D eigenvalue weighted by Crippen LogP contribution is -2.07. The van der Waals surface area contributed by atoms with Crippen LogP contribution in [0, 0.1) is 0 Å². The molecule has 0 aromatic carbocycles. The number of fused-ring (bicyclic) bond motifs is 1. The Balaban J connectivity index is 2.09. The number of methoxy groups -OCH3 is 1. The molecular weight excluding hydrogens is 258 g/mol. The molecule has 1 aliphatic rings. The van der Waals surface area contributed by atoms with E-state index in [0.717, 1.165) is 5.39 Å². The predicted octanol–water partition coefficient (Wildman–Crippen LogP) is 2.09. The molecule has 3 rings (SSSR count). The zero-order valence-electron chi connectivity index (χ0n) is 11.6. The first-order chi connectivity index (χ1) is 9.74. The van der Waals surface area contributed by atoms with Crippen molar-refractivity contribution < 1.29 is 14.3 Å². The van der Waals surface area contributed by atoms with Gasteiger partial charge in [0.2, 0.25) is 0 Å². The van der Waals surface area contributed by atoms with Crippen molar-refractivity contribution >= 4 is 17.0 Å². The molecule has 6 heteroatoms. The molecule has 0 bridgehead atoms. The van der Waals surface area contributed by atoms with Crippen molar-refractivity contribution in [1.82, 2.24) is 14.8 Å². The summed E-state index contributed by atoms with van der Waals surface area (Å²) in [5, 5.41) is 5.01. The van der Waals surface area contributed by atoms with Gasteiger partial charge < -0.3 is 9.47 Å². The molecule has 0 unspecified atom stereocenters. The van der Waals surface area contributed by atoms with E-state index in [0.29, 0.717) is 23.9 Å². The third-order valence-corrected chi connectivity index (χ3v) is 3.45. The first kappa shape index (κ1) is 13.1. The fourth-order valence-electron chi connectivity index (χ4n) is 2.23. The molecule has 106 valence electrons. The lowest BCUT2D eigenvalue weighted by atomic mass is 10.1. The second-order valence-corrected chi connectivity index (χ2v) is 4.88. The third-order valence-electron chi connectivity index (χ3n) is 3.45. The highest BCUT2D eigenvalue weighted by Crippen LogP contribution is 2.40. The lowest BCUT2D eigenvalue weighted by molar-refractivity contribution is 0.0585. The minimum atomic E-state index is -0.444. The van der Waals surface area contributed by atoms with Crippen LogP contribution < -0.4 is 0 Å². The van der Waals surface area contributed by atoms with Crippen molar-refractivity contribution in [3.05, 3.63) is 23.5 Å². The van der Waals surface area contributed by atoms with Gasteiger partial charge in [-0.15, -0.1) is 0 Å². The summed E-state index contributed by atoms with van der Waals surface area (Å²) in [5.41, 5.74) is 2.12. The first-order valence-electron chi connectivity index (χ1n) is 6.77. The highest BCUT2D eigenvalue weighted by Gasteiger charge is 2.26. The number of ether oxygens (including phenoxy) is 2.